The molecule has 0 saturated carbocycles. The van der Waals surface area contributed by atoms with Gasteiger partial charge in [-0.3, -0.25) is 0 Å². The van der Waals surface area contributed by atoms with Crippen LogP contribution in [0.3, 0.4) is 0 Å². The van der Waals surface area contributed by atoms with E-state index < -0.39 is 0 Å². The molecule has 0 spiro atoms. The molecular weight excluding hydrogens is 330 g/mol. The Morgan fingerprint density at radius 3 is 2.74 bits per heavy atom. The van der Waals surface area contributed by atoms with E-state index in [1.165, 1.54) is 0 Å². The molecule has 0 bridgehead atoms. The monoisotopic (exact) mass is 349 g/mol. The first-order valence-corrected chi connectivity index (χ1v) is 9.33. The molecule has 0 aromatic carbocycles. The summed E-state index contributed by atoms with van der Waals surface area (Å²) in [6.45, 7) is 9.05. The number of hydrogen-bond donors (Lipinski definition) is 0. The van der Waals surface area contributed by atoms with Crippen LogP contribution in [0.15, 0.2) is 27.2 Å². The van der Waals surface area contributed by atoms with E-state index >= 15 is 0 Å². The molecule has 0 amide bonds. The molecule has 3 aromatic rings. The predicted octanol–water partition coefficient (Wildman–Crippen LogP) is 4.39. The van der Waals surface area contributed by atoms with Crippen molar-refractivity contribution in [2.24, 2.45) is 0 Å². The molecule has 1 unspecified atom stereocenters. The van der Waals surface area contributed by atoms with Gasteiger partial charge in [0.15, 0.2) is 16.8 Å². The molecule has 3 heterocycles. The Balaban J connectivity index is 1.82. The van der Waals surface area contributed by atoms with Gasteiger partial charge in [0.25, 0.3) is 0 Å². The van der Waals surface area contributed by atoms with Gasteiger partial charge in [0.1, 0.15) is 0 Å². The minimum atomic E-state index is 0.0284. The molecule has 0 saturated heterocycles. The van der Waals surface area contributed by atoms with Gasteiger partial charge in [0, 0.05) is 12.5 Å². The van der Waals surface area contributed by atoms with Gasteiger partial charge in [-0.1, -0.05) is 36.8 Å². The second-order valence-corrected chi connectivity index (χ2v) is 7.69. The van der Waals surface area contributed by atoms with Crippen molar-refractivity contribution in [1.29, 1.82) is 0 Å². The van der Waals surface area contributed by atoms with E-state index in [1.54, 1.807) is 23.1 Å². The molecule has 3 rings (SSSR count). The minimum Gasteiger partial charge on any atom is -0.338 e. The fraction of sp³-hybridized carbons (Fsp3) is 0.467. The van der Waals surface area contributed by atoms with Crippen molar-refractivity contribution in [3.8, 4) is 10.7 Å². The smallest absolute Gasteiger partial charge is 0.239 e. The summed E-state index contributed by atoms with van der Waals surface area (Å²) in [7, 11) is 0. The molecule has 122 valence electrons. The molecular formula is C15H19N5OS2. The summed E-state index contributed by atoms with van der Waals surface area (Å²) in [5.41, 5.74) is 0. The van der Waals surface area contributed by atoms with Crippen molar-refractivity contribution in [3.63, 3.8) is 0 Å². The topological polar surface area (TPSA) is 69.6 Å². The van der Waals surface area contributed by atoms with Crippen molar-refractivity contribution in [1.82, 2.24) is 24.9 Å². The van der Waals surface area contributed by atoms with Crippen LogP contribution in [0.2, 0.25) is 0 Å². The highest BCUT2D eigenvalue weighted by Crippen LogP contribution is 2.35. The summed E-state index contributed by atoms with van der Waals surface area (Å²) in [5, 5.41) is 15.7. The zero-order valence-electron chi connectivity index (χ0n) is 13.6. The predicted molar refractivity (Wildman–Crippen MR) is 91.7 cm³/mol. The van der Waals surface area contributed by atoms with E-state index in [-0.39, 0.29) is 11.2 Å². The van der Waals surface area contributed by atoms with Crippen molar-refractivity contribution in [2.45, 2.75) is 50.6 Å². The summed E-state index contributed by atoms with van der Waals surface area (Å²) in [5.74, 6) is 2.53. The van der Waals surface area contributed by atoms with Crippen LogP contribution in [-0.4, -0.2) is 24.9 Å². The SMILES string of the molecule is CCn1c(SC(C)c2nc(C(C)C)no2)nnc1-c1cccs1. The quantitative estimate of drug-likeness (QED) is 0.615. The second kappa shape index (κ2) is 6.84. The largest absolute Gasteiger partial charge is 0.338 e. The molecule has 6 nitrogen and oxygen atoms in total. The number of nitrogens with zero attached hydrogens (tertiary/aromatic N) is 5. The van der Waals surface area contributed by atoms with Crippen LogP contribution in [-0.2, 0) is 6.54 Å². The first kappa shape index (κ1) is 16.2. The third-order valence-electron chi connectivity index (χ3n) is 3.38. The number of thiophene rings is 1. The first-order chi connectivity index (χ1) is 11.1. The minimum absolute atomic E-state index is 0.0284. The lowest BCUT2D eigenvalue weighted by molar-refractivity contribution is 0.373. The highest BCUT2D eigenvalue weighted by Gasteiger charge is 2.21. The number of hydrogen-bond acceptors (Lipinski definition) is 7. The van der Waals surface area contributed by atoms with E-state index in [9.17, 15) is 0 Å². The third kappa shape index (κ3) is 3.32. The number of aromatic nitrogens is 5. The number of rotatable bonds is 6. The van der Waals surface area contributed by atoms with Crippen molar-refractivity contribution in [3.05, 3.63) is 29.2 Å². The fourth-order valence-electron chi connectivity index (χ4n) is 2.10. The molecule has 0 N–H and O–H groups in total. The highest BCUT2D eigenvalue weighted by atomic mass is 32.2. The van der Waals surface area contributed by atoms with E-state index in [0.29, 0.717) is 5.89 Å². The third-order valence-corrected chi connectivity index (χ3v) is 5.31. The molecule has 0 fully saturated rings. The van der Waals surface area contributed by atoms with Crippen LogP contribution < -0.4 is 0 Å². The van der Waals surface area contributed by atoms with Crippen LogP contribution in [0.1, 0.15) is 50.6 Å². The first-order valence-electron chi connectivity index (χ1n) is 7.57. The lowest BCUT2D eigenvalue weighted by Crippen LogP contribution is -2.00. The molecule has 0 radical (unpaired) electrons. The summed E-state index contributed by atoms with van der Waals surface area (Å²) < 4.78 is 7.49. The van der Waals surface area contributed by atoms with E-state index in [2.05, 4.69) is 37.9 Å². The van der Waals surface area contributed by atoms with Gasteiger partial charge in [-0.15, -0.1) is 21.5 Å². The van der Waals surface area contributed by atoms with Crippen LogP contribution in [0.5, 0.6) is 0 Å². The van der Waals surface area contributed by atoms with Gasteiger partial charge in [-0.05, 0) is 25.3 Å². The average molecular weight is 349 g/mol. The Bertz CT molecular complexity index is 763. The van der Waals surface area contributed by atoms with E-state index in [0.717, 1.165) is 28.2 Å². The van der Waals surface area contributed by atoms with Crippen LogP contribution in [0.4, 0.5) is 0 Å². The lowest BCUT2D eigenvalue weighted by atomic mass is 10.2. The normalized spacial score (nSPS) is 12.9. The molecule has 0 aliphatic heterocycles. The molecule has 8 heteroatoms. The maximum atomic E-state index is 5.38. The molecule has 0 aliphatic rings. The summed E-state index contributed by atoms with van der Waals surface area (Å²) in [6.07, 6.45) is 0. The van der Waals surface area contributed by atoms with Gasteiger partial charge in [0.2, 0.25) is 5.89 Å². The van der Waals surface area contributed by atoms with Crippen LogP contribution >= 0.6 is 23.1 Å². The summed E-state index contributed by atoms with van der Waals surface area (Å²) in [4.78, 5) is 5.59. The second-order valence-electron chi connectivity index (χ2n) is 5.43. The van der Waals surface area contributed by atoms with Crippen LogP contribution in [0, 0.1) is 0 Å². The lowest BCUT2D eigenvalue weighted by Gasteiger charge is -2.08. The molecule has 0 aliphatic carbocycles. The van der Waals surface area contributed by atoms with Gasteiger partial charge in [-0.25, -0.2) is 0 Å². The zero-order valence-corrected chi connectivity index (χ0v) is 15.2. The average Bonchev–Trinajstić information content (AvgIpc) is 3.26. The Kier molecular flexibility index (Phi) is 4.82. The molecule has 3 aromatic heterocycles. The van der Waals surface area contributed by atoms with Gasteiger partial charge in [-0.2, -0.15) is 4.98 Å². The van der Waals surface area contributed by atoms with E-state index in [1.807, 2.05) is 32.2 Å². The molecule has 1 atom stereocenters. The maximum absolute atomic E-state index is 5.38. The molecule has 23 heavy (non-hydrogen) atoms. The Hall–Kier alpha value is -1.67. The number of thioether (sulfide) groups is 1. The standard InChI is InChI=1S/C15H19N5OS2/c1-5-20-13(11-7-6-8-22-11)17-18-15(20)23-10(4)14-16-12(9(2)3)19-21-14/h6-10H,5H2,1-4H3. The van der Waals surface area contributed by atoms with Gasteiger partial charge in [0.05, 0.1) is 10.1 Å². The van der Waals surface area contributed by atoms with Crippen molar-refractivity contribution >= 4 is 23.1 Å². The fourth-order valence-corrected chi connectivity index (χ4v) is 3.77. The Morgan fingerprint density at radius 1 is 1.30 bits per heavy atom. The highest BCUT2D eigenvalue weighted by molar-refractivity contribution is 7.99. The van der Waals surface area contributed by atoms with Gasteiger partial charge < -0.3 is 9.09 Å². The summed E-state index contributed by atoms with van der Waals surface area (Å²) >= 11 is 3.26. The van der Waals surface area contributed by atoms with Crippen molar-refractivity contribution < 1.29 is 4.52 Å². The summed E-state index contributed by atoms with van der Waals surface area (Å²) in [6, 6.07) is 4.08. The maximum Gasteiger partial charge on any atom is 0.239 e. The Labute approximate surface area is 143 Å². The Morgan fingerprint density at radius 2 is 2.13 bits per heavy atom. The van der Waals surface area contributed by atoms with E-state index in [4.69, 9.17) is 4.52 Å². The van der Waals surface area contributed by atoms with Gasteiger partial charge >= 0.3 is 0 Å². The zero-order chi connectivity index (χ0) is 16.4. The van der Waals surface area contributed by atoms with Crippen LogP contribution in [0.25, 0.3) is 10.7 Å². The van der Waals surface area contributed by atoms with Crippen molar-refractivity contribution in [2.75, 3.05) is 0 Å².